The van der Waals surface area contributed by atoms with E-state index in [0.29, 0.717) is 5.54 Å². The lowest BCUT2D eigenvalue weighted by molar-refractivity contribution is 0.172. The van der Waals surface area contributed by atoms with E-state index in [4.69, 9.17) is 0 Å². The number of hydrogen-bond donors (Lipinski definition) is 1. The van der Waals surface area contributed by atoms with Crippen LogP contribution in [0.15, 0.2) is 0 Å². The van der Waals surface area contributed by atoms with E-state index in [9.17, 15) is 0 Å². The van der Waals surface area contributed by atoms with Crippen molar-refractivity contribution in [1.82, 2.24) is 10.2 Å². The number of nitrogens with zero attached hydrogens (tertiary/aromatic N) is 1. The molecule has 14 heavy (non-hydrogen) atoms. The lowest BCUT2D eigenvalue weighted by Crippen LogP contribution is -2.38. The van der Waals surface area contributed by atoms with Crippen molar-refractivity contribution >= 4 is 0 Å². The average Bonchev–Trinajstić information content (AvgIpc) is 2.38. The Hall–Kier alpha value is -0.0800. The van der Waals surface area contributed by atoms with E-state index in [0.717, 1.165) is 5.92 Å². The Kier molecular flexibility index (Phi) is 4.39. The minimum atomic E-state index is 0.427. The van der Waals surface area contributed by atoms with Gasteiger partial charge in [0.15, 0.2) is 0 Å². The Bertz CT molecular complexity index is 166. The number of hydrogen-bond acceptors (Lipinski definition) is 2. The lowest BCUT2D eigenvalue weighted by atomic mass is 9.96. The summed E-state index contributed by atoms with van der Waals surface area (Å²) < 4.78 is 0. The van der Waals surface area contributed by atoms with Crippen molar-refractivity contribution in [3.05, 3.63) is 0 Å². The van der Waals surface area contributed by atoms with Crippen molar-refractivity contribution < 1.29 is 0 Å². The molecule has 1 unspecified atom stereocenters. The molecule has 84 valence electrons. The highest BCUT2D eigenvalue weighted by Gasteiger charge is 2.36. The third-order valence-corrected chi connectivity index (χ3v) is 3.40. The molecule has 0 saturated carbocycles. The molecule has 1 heterocycles. The van der Waals surface area contributed by atoms with E-state index in [-0.39, 0.29) is 0 Å². The smallest absolute Gasteiger partial charge is 0.0156 e. The van der Waals surface area contributed by atoms with Crippen LogP contribution in [0.2, 0.25) is 0 Å². The zero-order valence-corrected chi connectivity index (χ0v) is 10.3. The SMILES string of the molecule is CCCCN1CC(CNC)CC1(C)C. The summed E-state index contributed by atoms with van der Waals surface area (Å²) in [4.78, 5) is 2.67. The monoisotopic (exact) mass is 198 g/mol. The van der Waals surface area contributed by atoms with Crippen LogP contribution >= 0.6 is 0 Å². The van der Waals surface area contributed by atoms with Crippen molar-refractivity contribution in [2.45, 2.75) is 45.6 Å². The number of unbranched alkanes of at least 4 members (excludes halogenated alkanes) is 1. The summed E-state index contributed by atoms with van der Waals surface area (Å²) in [6.45, 7) is 10.8. The van der Waals surface area contributed by atoms with Gasteiger partial charge < -0.3 is 5.32 Å². The van der Waals surface area contributed by atoms with Gasteiger partial charge in [-0.2, -0.15) is 0 Å². The lowest BCUT2D eigenvalue weighted by Gasteiger charge is -2.31. The molecule has 0 aromatic carbocycles. The molecule has 0 aliphatic carbocycles. The van der Waals surface area contributed by atoms with Crippen LogP contribution in [0, 0.1) is 5.92 Å². The minimum Gasteiger partial charge on any atom is -0.319 e. The third kappa shape index (κ3) is 2.96. The maximum Gasteiger partial charge on any atom is 0.0156 e. The summed E-state index contributed by atoms with van der Waals surface area (Å²) in [7, 11) is 2.06. The summed E-state index contributed by atoms with van der Waals surface area (Å²) in [6, 6.07) is 0. The number of likely N-dealkylation sites (tertiary alicyclic amines) is 1. The summed E-state index contributed by atoms with van der Waals surface area (Å²) in [6.07, 6.45) is 4.00. The van der Waals surface area contributed by atoms with Crippen LogP contribution in [0.3, 0.4) is 0 Å². The van der Waals surface area contributed by atoms with Crippen LogP contribution in [0.25, 0.3) is 0 Å². The van der Waals surface area contributed by atoms with E-state index in [2.05, 4.69) is 38.0 Å². The third-order valence-electron chi connectivity index (χ3n) is 3.40. The second-order valence-electron chi connectivity index (χ2n) is 5.24. The van der Waals surface area contributed by atoms with Gasteiger partial charge >= 0.3 is 0 Å². The molecule has 0 aromatic rings. The van der Waals surface area contributed by atoms with Gasteiger partial charge in [0, 0.05) is 12.1 Å². The highest BCUT2D eigenvalue weighted by molar-refractivity contribution is 4.93. The second-order valence-corrected chi connectivity index (χ2v) is 5.24. The Morgan fingerprint density at radius 1 is 1.43 bits per heavy atom. The van der Waals surface area contributed by atoms with Crippen LogP contribution in [0.5, 0.6) is 0 Å². The molecule has 0 radical (unpaired) electrons. The molecule has 1 saturated heterocycles. The Labute approximate surface area is 89.1 Å². The van der Waals surface area contributed by atoms with Crippen molar-refractivity contribution in [2.75, 3.05) is 26.7 Å². The van der Waals surface area contributed by atoms with Crippen LogP contribution in [-0.4, -0.2) is 37.1 Å². The van der Waals surface area contributed by atoms with Crippen LogP contribution < -0.4 is 5.32 Å². The molecule has 1 aliphatic heterocycles. The summed E-state index contributed by atoms with van der Waals surface area (Å²) in [5.41, 5.74) is 0.427. The summed E-state index contributed by atoms with van der Waals surface area (Å²) in [5, 5.41) is 3.30. The van der Waals surface area contributed by atoms with Gasteiger partial charge in [-0.25, -0.2) is 0 Å². The molecule has 0 amide bonds. The van der Waals surface area contributed by atoms with Crippen LogP contribution in [-0.2, 0) is 0 Å². The first-order valence-electron chi connectivity index (χ1n) is 6.00. The number of rotatable bonds is 5. The van der Waals surface area contributed by atoms with E-state index in [1.165, 1.54) is 38.9 Å². The van der Waals surface area contributed by atoms with Crippen molar-refractivity contribution in [3.63, 3.8) is 0 Å². The topological polar surface area (TPSA) is 15.3 Å². The minimum absolute atomic E-state index is 0.427. The van der Waals surface area contributed by atoms with Gasteiger partial charge in [-0.15, -0.1) is 0 Å². The van der Waals surface area contributed by atoms with Gasteiger partial charge in [0.1, 0.15) is 0 Å². The average molecular weight is 198 g/mol. The molecule has 1 atom stereocenters. The van der Waals surface area contributed by atoms with E-state index < -0.39 is 0 Å². The molecule has 0 bridgehead atoms. The van der Waals surface area contributed by atoms with Gasteiger partial charge in [-0.05, 0) is 52.7 Å². The molecular weight excluding hydrogens is 172 g/mol. The normalized spacial score (nSPS) is 27.0. The van der Waals surface area contributed by atoms with E-state index >= 15 is 0 Å². The fourth-order valence-corrected chi connectivity index (χ4v) is 2.63. The summed E-state index contributed by atoms with van der Waals surface area (Å²) in [5.74, 6) is 0.854. The molecule has 1 fully saturated rings. The largest absolute Gasteiger partial charge is 0.319 e. The molecule has 1 rings (SSSR count). The molecule has 0 spiro atoms. The van der Waals surface area contributed by atoms with Gasteiger partial charge in [-0.3, -0.25) is 4.90 Å². The highest BCUT2D eigenvalue weighted by Crippen LogP contribution is 2.32. The second kappa shape index (κ2) is 5.13. The molecule has 1 N–H and O–H groups in total. The first-order valence-corrected chi connectivity index (χ1v) is 6.00. The fourth-order valence-electron chi connectivity index (χ4n) is 2.63. The Balaban J connectivity index is 2.42. The van der Waals surface area contributed by atoms with Crippen LogP contribution in [0.1, 0.15) is 40.0 Å². The van der Waals surface area contributed by atoms with Gasteiger partial charge in [0.25, 0.3) is 0 Å². The fraction of sp³-hybridized carbons (Fsp3) is 1.00. The Morgan fingerprint density at radius 3 is 2.71 bits per heavy atom. The van der Waals surface area contributed by atoms with Crippen molar-refractivity contribution in [2.24, 2.45) is 5.92 Å². The maximum absolute atomic E-state index is 3.30. The molecule has 2 nitrogen and oxygen atoms in total. The molecule has 2 heteroatoms. The van der Waals surface area contributed by atoms with Crippen molar-refractivity contribution in [1.29, 1.82) is 0 Å². The highest BCUT2D eigenvalue weighted by atomic mass is 15.2. The zero-order valence-electron chi connectivity index (χ0n) is 10.3. The summed E-state index contributed by atoms with van der Waals surface area (Å²) >= 11 is 0. The van der Waals surface area contributed by atoms with Gasteiger partial charge in [0.2, 0.25) is 0 Å². The zero-order chi connectivity index (χ0) is 10.6. The van der Waals surface area contributed by atoms with Gasteiger partial charge in [0.05, 0.1) is 0 Å². The molecule has 0 aromatic heterocycles. The quantitative estimate of drug-likeness (QED) is 0.728. The molecular formula is C12H26N2. The first-order chi connectivity index (χ1) is 6.60. The standard InChI is InChI=1S/C12H26N2/c1-5-6-7-14-10-11(9-13-4)8-12(14,2)3/h11,13H,5-10H2,1-4H3. The first kappa shape index (κ1) is 12.0. The predicted molar refractivity (Wildman–Crippen MR) is 62.6 cm³/mol. The molecule has 1 aliphatic rings. The Morgan fingerprint density at radius 2 is 2.14 bits per heavy atom. The van der Waals surface area contributed by atoms with E-state index in [1.54, 1.807) is 0 Å². The predicted octanol–water partition coefficient (Wildman–Crippen LogP) is 2.11. The van der Waals surface area contributed by atoms with Gasteiger partial charge in [-0.1, -0.05) is 13.3 Å². The van der Waals surface area contributed by atoms with E-state index in [1.807, 2.05) is 0 Å². The number of nitrogens with one attached hydrogen (secondary N) is 1. The van der Waals surface area contributed by atoms with Crippen molar-refractivity contribution in [3.8, 4) is 0 Å². The maximum atomic E-state index is 3.30. The van der Waals surface area contributed by atoms with Crippen LogP contribution in [0.4, 0.5) is 0 Å².